The van der Waals surface area contributed by atoms with Crippen LogP contribution in [0.2, 0.25) is 5.02 Å². The number of nitrogens with zero attached hydrogens (tertiary/aromatic N) is 2. The second kappa shape index (κ2) is 7.41. The van der Waals surface area contributed by atoms with E-state index in [1.165, 1.54) is 6.07 Å². The molecule has 2 aliphatic heterocycles. The maximum atomic E-state index is 13.3. The summed E-state index contributed by atoms with van der Waals surface area (Å²) in [5, 5.41) is 3.02. The molecule has 1 saturated heterocycles. The molecule has 1 atom stereocenters. The van der Waals surface area contributed by atoms with Crippen molar-refractivity contribution >= 4 is 40.4 Å². The first-order chi connectivity index (χ1) is 13.4. The third-order valence-electron chi connectivity index (χ3n) is 4.90. The number of fused-ring (bicyclic) bond motifs is 2. The predicted molar refractivity (Wildman–Crippen MR) is 102 cm³/mol. The van der Waals surface area contributed by atoms with Crippen molar-refractivity contribution in [3.05, 3.63) is 58.6 Å². The van der Waals surface area contributed by atoms with Crippen molar-refractivity contribution in [2.24, 2.45) is 10.9 Å². The topological polar surface area (TPSA) is 61.8 Å². The van der Waals surface area contributed by atoms with Crippen LogP contribution in [-0.4, -0.2) is 41.9 Å². The summed E-state index contributed by atoms with van der Waals surface area (Å²) in [4.78, 5) is 31.6. The highest BCUT2D eigenvalue weighted by atomic mass is 35.5. The van der Waals surface area contributed by atoms with Gasteiger partial charge in [0.15, 0.2) is 17.4 Å². The van der Waals surface area contributed by atoms with Crippen molar-refractivity contribution in [1.29, 1.82) is 0 Å². The number of hydrogen-bond donors (Lipinski definition) is 1. The number of Topliss-reactive ketones (excluding diaryl/α,β-unsaturated/α-hetero) is 1. The molecule has 1 fully saturated rings. The van der Waals surface area contributed by atoms with Crippen LogP contribution in [0.5, 0.6) is 0 Å². The van der Waals surface area contributed by atoms with Gasteiger partial charge in [0.1, 0.15) is 0 Å². The molecule has 1 amide bonds. The molecule has 0 radical (unpaired) electrons. The van der Waals surface area contributed by atoms with Gasteiger partial charge in [-0.3, -0.25) is 19.5 Å². The minimum atomic E-state index is -1.03. The lowest BCUT2D eigenvalue weighted by atomic mass is 9.85. The molecule has 2 heterocycles. The van der Waals surface area contributed by atoms with Gasteiger partial charge in [-0.2, -0.15) is 0 Å². The maximum Gasteiger partial charge on any atom is 0.238 e. The highest BCUT2D eigenvalue weighted by Gasteiger charge is 2.36. The lowest BCUT2D eigenvalue weighted by Gasteiger charge is -2.34. The molecule has 2 aliphatic rings. The van der Waals surface area contributed by atoms with E-state index in [4.69, 9.17) is 11.6 Å². The van der Waals surface area contributed by atoms with Gasteiger partial charge < -0.3 is 5.32 Å². The number of rotatable bonds is 3. The molecule has 0 bridgehead atoms. The van der Waals surface area contributed by atoms with Crippen molar-refractivity contribution in [2.45, 2.75) is 6.42 Å². The van der Waals surface area contributed by atoms with Crippen molar-refractivity contribution < 1.29 is 18.4 Å². The number of hydrogen-bond acceptors (Lipinski definition) is 4. The smallest absolute Gasteiger partial charge is 0.238 e. The number of aliphatic imine (C=N–C) groups is 1. The Bertz CT molecular complexity index is 1010. The van der Waals surface area contributed by atoms with Crippen LogP contribution in [0.25, 0.3) is 0 Å². The highest BCUT2D eigenvalue weighted by molar-refractivity contribution is 6.31. The fourth-order valence-corrected chi connectivity index (χ4v) is 3.71. The Kier molecular flexibility index (Phi) is 4.95. The monoisotopic (exact) mass is 403 g/mol. The van der Waals surface area contributed by atoms with E-state index in [0.717, 1.165) is 17.8 Å². The van der Waals surface area contributed by atoms with Crippen LogP contribution in [0.4, 0.5) is 20.2 Å². The minimum Gasteiger partial charge on any atom is -0.325 e. The van der Waals surface area contributed by atoms with E-state index in [9.17, 15) is 18.4 Å². The number of amides is 1. The summed E-state index contributed by atoms with van der Waals surface area (Å²) in [6.07, 6.45) is 0.580. The molecular weight excluding hydrogens is 388 g/mol. The molecule has 1 unspecified atom stereocenters. The number of piperidine rings is 1. The summed E-state index contributed by atoms with van der Waals surface area (Å²) in [6.45, 7) is 0.990. The molecule has 0 aliphatic carbocycles. The number of carbonyl (C=O) groups is 2. The molecule has 4 rings (SSSR count). The first kappa shape index (κ1) is 18.7. The predicted octanol–water partition coefficient (Wildman–Crippen LogP) is 3.85. The fourth-order valence-electron chi connectivity index (χ4n) is 3.54. The van der Waals surface area contributed by atoms with Gasteiger partial charge in [-0.25, -0.2) is 8.78 Å². The third kappa shape index (κ3) is 3.68. The molecule has 5 nitrogen and oxygen atoms in total. The van der Waals surface area contributed by atoms with E-state index >= 15 is 0 Å². The second-order valence-corrected chi connectivity index (χ2v) is 7.28. The normalized spacial score (nSPS) is 18.9. The van der Waals surface area contributed by atoms with Crippen LogP contribution in [-0.2, 0) is 4.79 Å². The van der Waals surface area contributed by atoms with Crippen molar-refractivity contribution in [2.75, 3.05) is 25.0 Å². The van der Waals surface area contributed by atoms with Crippen LogP contribution in [0, 0.1) is 17.6 Å². The Morgan fingerprint density at radius 2 is 2.04 bits per heavy atom. The minimum absolute atomic E-state index is 0.0401. The summed E-state index contributed by atoms with van der Waals surface area (Å²) in [7, 11) is 0. The van der Waals surface area contributed by atoms with Crippen molar-refractivity contribution in [3.8, 4) is 0 Å². The van der Waals surface area contributed by atoms with E-state index in [1.807, 2.05) is 4.90 Å². The number of benzene rings is 2. The van der Waals surface area contributed by atoms with Gasteiger partial charge in [-0.1, -0.05) is 11.6 Å². The fraction of sp³-hybridized carbons (Fsp3) is 0.250. The number of ketones is 1. The van der Waals surface area contributed by atoms with Crippen LogP contribution in [0.1, 0.15) is 16.8 Å². The average molecular weight is 404 g/mol. The Labute approximate surface area is 165 Å². The number of likely N-dealkylation sites (tertiary alicyclic amines) is 1. The molecule has 0 spiro atoms. The van der Waals surface area contributed by atoms with Crippen molar-refractivity contribution in [3.63, 3.8) is 0 Å². The van der Waals surface area contributed by atoms with E-state index < -0.39 is 17.6 Å². The Balaban J connectivity index is 1.43. The first-order valence-electron chi connectivity index (χ1n) is 8.79. The van der Waals surface area contributed by atoms with Crippen LogP contribution in [0.15, 0.2) is 41.4 Å². The van der Waals surface area contributed by atoms with E-state index in [-0.39, 0.29) is 23.9 Å². The molecule has 28 heavy (non-hydrogen) atoms. The van der Waals surface area contributed by atoms with E-state index in [2.05, 4.69) is 10.3 Å². The second-order valence-electron chi connectivity index (χ2n) is 6.84. The van der Waals surface area contributed by atoms with Gasteiger partial charge >= 0.3 is 0 Å². The molecule has 144 valence electrons. The summed E-state index contributed by atoms with van der Waals surface area (Å²) in [5.74, 6) is -2.82. The summed E-state index contributed by atoms with van der Waals surface area (Å²) in [6, 6.07) is 8.24. The van der Waals surface area contributed by atoms with Gasteiger partial charge in [0.2, 0.25) is 5.91 Å². The zero-order valence-electron chi connectivity index (χ0n) is 14.7. The first-order valence-corrected chi connectivity index (χ1v) is 9.17. The molecule has 0 aromatic heterocycles. The summed E-state index contributed by atoms with van der Waals surface area (Å²) in [5.41, 5.74) is 2.12. The molecule has 0 saturated carbocycles. The molecule has 2 aromatic carbocycles. The molecule has 1 N–H and O–H groups in total. The number of anilines is 1. The van der Waals surface area contributed by atoms with Gasteiger partial charge in [-0.05, 0) is 36.8 Å². The zero-order valence-corrected chi connectivity index (χ0v) is 15.5. The van der Waals surface area contributed by atoms with Crippen LogP contribution >= 0.6 is 11.6 Å². The van der Waals surface area contributed by atoms with Gasteiger partial charge in [0.25, 0.3) is 0 Å². The Hall–Kier alpha value is -2.64. The maximum absolute atomic E-state index is 13.3. The number of nitrogens with one attached hydrogen (secondary N) is 1. The quantitative estimate of drug-likeness (QED) is 0.846. The van der Waals surface area contributed by atoms with Gasteiger partial charge in [0, 0.05) is 41.1 Å². The number of carbonyl (C=O) groups excluding carboxylic acids is 2. The molecular formula is C20H16ClF2N3O2. The summed E-state index contributed by atoms with van der Waals surface area (Å²) < 4.78 is 26.3. The van der Waals surface area contributed by atoms with Gasteiger partial charge in [0.05, 0.1) is 18.2 Å². The summed E-state index contributed by atoms with van der Waals surface area (Å²) >= 11 is 6.00. The van der Waals surface area contributed by atoms with E-state index in [0.29, 0.717) is 35.8 Å². The molecule has 8 heteroatoms. The van der Waals surface area contributed by atoms with Crippen LogP contribution in [0.3, 0.4) is 0 Å². The van der Waals surface area contributed by atoms with Crippen molar-refractivity contribution in [1.82, 2.24) is 4.90 Å². The van der Waals surface area contributed by atoms with E-state index in [1.54, 1.807) is 18.2 Å². The lowest BCUT2D eigenvalue weighted by molar-refractivity contribution is -0.117. The number of halogens is 3. The third-order valence-corrected chi connectivity index (χ3v) is 5.14. The lowest BCUT2D eigenvalue weighted by Crippen LogP contribution is -2.47. The average Bonchev–Trinajstić information content (AvgIpc) is 2.66. The zero-order chi connectivity index (χ0) is 19.8. The standard InChI is InChI=1S/C20H16ClF2N3O2/c21-11-1-4-17-13(7-11)20(28)14-9-26(6-5-18(14)25-17)10-19(27)24-12-2-3-15(22)16(23)8-12/h1-4,7-8,14H,5-6,9-10H2,(H,24,27). The Morgan fingerprint density at radius 3 is 2.82 bits per heavy atom. The van der Waals surface area contributed by atoms with Gasteiger partial charge in [-0.15, -0.1) is 0 Å². The SMILES string of the molecule is O=C(CN1CCC2=Nc3ccc(Cl)cc3C(=O)C2C1)Nc1ccc(F)c(F)c1. The largest absolute Gasteiger partial charge is 0.325 e. The van der Waals surface area contributed by atoms with Crippen LogP contribution < -0.4 is 5.32 Å². The Morgan fingerprint density at radius 1 is 1.21 bits per heavy atom. The highest BCUT2D eigenvalue weighted by Crippen LogP contribution is 2.33. The molecule has 2 aromatic rings.